The highest BCUT2D eigenvalue weighted by Crippen LogP contribution is 2.43. The van der Waals surface area contributed by atoms with Gasteiger partial charge in [0.1, 0.15) is 5.92 Å². The maximum atomic E-state index is 12.1. The molecule has 2 heterocycles. The minimum Gasteiger partial charge on any atom is -0.363 e. The average Bonchev–Trinajstić information content (AvgIpc) is 2.83. The number of carbonyl (C=O) groups excluding carboxylic acids is 1. The zero-order valence-electron chi connectivity index (χ0n) is 10.8. The van der Waals surface area contributed by atoms with Crippen LogP contribution in [-0.2, 0) is 4.79 Å². The first-order chi connectivity index (χ1) is 9.43. The molecule has 1 N–H and O–H groups in total. The Labute approximate surface area is 113 Å². The molecule has 0 radical (unpaired) electrons. The van der Waals surface area contributed by atoms with Crippen LogP contribution < -0.4 is 5.32 Å². The fourth-order valence-electron chi connectivity index (χ4n) is 3.64. The van der Waals surface area contributed by atoms with Crippen LogP contribution in [0.4, 0.5) is 0 Å². The lowest BCUT2D eigenvalue weighted by Gasteiger charge is -2.44. The van der Waals surface area contributed by atoms with Crippen molar-refractivity contribution in [2.24, 2.45) is 5.92 Å². The number of carbonyl (C=O) groups is 1. The van der Waals surface area contributed by atoms with Gasteiger partial charge in [-0.2, -0.15) is 0 Å². The molecule has 9 nitrogen and oxygen atoms in total. The molecule has 0 spiro atoms. The Hall–Kier alpha value is -2.19. The second kappa shape index (κ2) is 4.15. The zero-order valence-corrected chi connectivity index (χ0v) is 10.8. The van der Waals surface area contributed by atoms with E-state index in [1.807, 2.05) is 0 Å². The van der Waals surface area contributed by atoms with Gasteiger partial charge in [-0.1, -0.05) is 0 Å². The molecule has 3 rings (SSSR count). The van der Waals surface area contributed by atoms with Crippen LogP contribution in [0.3, 0.4) is 0 Å². The molecule has 1 amide bonds. The van der Waals surface area contributed by atoms with Crippen LogP contribution in [0.15, 0.2) is 11.3 Å². The van der Waals surface area contributed by atoms with Crippen molar-refractivity contribution in [3.8, 4) is 0 Å². The van der Waals surface area contributed by atoms with Gasteiger partial charge in [0.2, 0.25) is 0 Å². The van der Waals surface area contributed by atoms with Crippen LogP contribution in [0.1, 0.15) is 19.3 Å². The van der Waals surface area contributed by atoms with Crippen molar-refractivity contribution in [2.75, 3.05) is 7.05 Å². The topological polar surface area (TPSA) is 119 Å². The molecule has 108 valence electrons. The molecule has 0 aromatic carbocycles. The van der Waals surface area contributed by atoms with Crippen LogP contribution in [0, 0.1) is 26.1 Å². The number of likely N-dealkylation sites (tertiary alicyclic amines) is 1. The lowest BCUT2D eigenvalue weighted by Crippen LogP contribution is -2.70. The van der Waals surface area contributed by atoms with Crippen LogP contribution in [0.2, 0.25) is 0 Å². The van der Waals surface area contributed by atoms with E-state index in [2.05, 4.69) is 5.32 Å². The van der Waals surface area contributed by atoms with E-state index in [9.17, 15) is 25.0 Å². The maximum absolute atomic E-state index is 12.1. The van der Waals surface area contributed by atoms with Crippen molar-refractivity contribution in [1.29, 1.82) is 0 Å². The van der Waals surface area contributed by atoms with Gasteiger partial charge in [-0.25, -0.2) is 0 Å². The lowest BCUT2D eigenvalue weighted by atomic mass is 9.76. The highest BCUT2D eigenvalue weighted by molar-refractivity contribution is 5.83. The van der Waals surface area contributed by atoms with Gasteiger partial charge in [-0.15, -0.1) is 0 Å². The number of nitrogens with zero attached hydrogens (tertiary/aromatic N) is 3. The van der Waals surface area contributed by atoms with E-state index in [4.69, 9.17) is 0 Å². The molecule has 3 aliphatic rings. The average molecular weight is 282 g/mol. The summed E-state index contributed by atoms with van der Waals surface area (Å²) in [7, 11) is 1.38. The van der Waals surface area contributed by atoms with Gasteiger partial charge in [-0.05, 0) is 24.8 Å². The molecule has 2 aliphatic heterocycles. The number of nitrogens with one attached hydrogen (secondary N) is 1. The van der Waals surface area contributed by atoms with Crippen LogP contribution in [0.25, 0.3) is 0 Å². The van der Waals surface area contributed by atoms with Gasteiger partial charge in [0.15, 0.2) is 6.17 Å². The highest BCUT2D eigenvalue weighted by atomic mass is 16.6. The van der Waals surface area contributed by atoms with Crippen molar-refractivity contribution in [1.82, 2.24) is 10.2 Å². The van der Waals surface area contributed by atoms with E-state index in [0.717, 1.165) is 23.4 Å². The summed E-state index contributed by atoms with van der Waals surface area (Å²) in [4.78, 5) is 34.7. The van der Waals surface area contributed by atoms with E-state index in [-0.39, 0.29) is 0 Å². The van der Waals surface area contributed by atoms with Gasteiger partial charge < -0.3 is 10.2 Å². The van der Waals surface area contributed by atoms with Gasteiger partial charge in [0.25, 0.3) is 11.9 Å². The highest BCUT2D eigenvalue weighted by Gasteiger charge is 2.63. The number of nitro groups is 2. The molecule has 4 atom stereocenters. The molecule has 0 aromatic heterocycles. The molecular weight excluding hydrogens is 268 g/mol. The van der Waals surface area contributed by atoms with Crippen molar-refractivity contribution >= 4 is 5.91 Å². The molecule has 0 aromatic rings. The smallest absolute Gasteiger partial charge is 0.303 e. The Morgan fingerprint density at radius 2 is 1.95 bits per heavy atom. The third-order valence-electron chi connectivity index (χ3n) is 4.51. The third-order valence-corrected chi connectivity index (χ3v) is 4.51. The molecule has 1 saturated heterocycles. The van der Waals surface area contributed by atoms with Crippen molar-refractivity contribution in [3.05, 3.63) is 31.5 Å². The second-order valence-electron chi connectivity index (χ2n) is 5.43. The Kier molecular flexibility index (Phi) is 2.66. The molecule has 4 unspecified atom stereocenters. The summed E-state index contributed by atoms with van der Waals surface area (Å²) in [5.41, 5.74) is 1.55. The van der Waals surface area contributed by atoms with Gasteiger partial charge >= 0.3 is 6.04 Å². The number of piperidine rings is 1. The van der Waals surface area contributed by atoms with E-state index in [1.165, 1.54) is 7.05 Å². The first-order valence-electron chi connectivity index (χ1n) is 6.45. The number of likely N-dealkylation sites (N-methyl/N-ethyl adjacent to an activating group) is 1. The minimum atomic E-state index is -1.54. The zero-order chi connectivity index (χ0) is 14.6. The largest absolute Gasteiger partial charge is 0.363 e. The van der Waals surface area contributed by atoms with E-state index >= 15 is 0 Å². The van der Waals surface area contributed by atoms with Crippen molar-refractivity contribution < 1.29 is 14.6 Å². The SMILES string of the molecule is CN1C(=O)C([N+](=O)[O-])C2C3=C(CCC3)NC1C2[N+](=O)[O-]. The summed E-state index contributed by atoms with van der Waals surface area (Å²) >= 11 is 0. The maximum Gasteiger partial charge on any atom is 0.303 e. The van der Waals surface area contributed by atoms with Crippen LogP contribution in [-0.4, -0.2) is 46.0 Å². The molecule has 1 aliphatic carbocycles. The number of rotatable bonds is 2. The standard InChI is InChI=1S/C11H14N4O5/c1-13-10-8(14(17)18)7(9(11(13)16)15(19)20)5-3-2-4-6(5)12-10/h7-10,12H,2-4H2,1H3. The van der Waals surface area contributed by atoms with Crippen LogP contribution >= 0.6 is 0 Å². The Balaban J connectivity index is 2.15. The van der Waals surface area contributed by atoms with Crippen LogP contribution in [0.5, 0.6) is 0 Å². The summed E-state index contributed by atoms with van der Waals surface area (Å²) < 4.78 is 0. The van der Waals surface area contributed by atoms with Gasteiger partial charge in [0.05, 0.1) is 0 Å². The summed E-state index contributed by atoms with van der Waals surface area (Å²) in [6.45, 7) is 0. The Morgan fingerprint density at radius 3 is 2.55 bits per heavy atom. The number of fused-ring (bicyclic) bond motifs is 3. The predicted molar refractivity (Wildman–Crippen MR) is 65.6 cm³/mol. The second-order valence-corrected chi connectivity index (χ2v) is 5.43. The Morgan fingerprint density at radius 1 is 1.25 bits per heavy atom. The predicted octanol–water partition coefficient (Wildman–Crippen LogP) is -0.267. The van der Waals surface area contributed by atoms with Gasteiger partial charge in [0, 0.05) is 22.6 Å². The number of allylic oxidation sites excluding steroid dienone is 1. The quantitative estimate of drug-likeness (QED) is 0.550. The molecule has 9 heteroatoms. The minimum absolute atomic E-state index is 0.496. The lowest BCUT2D eigenvalue weighted by molar-refractivity contribution is -0.577. The molecule has 20 heavy (non-hydrogen) atoms. The fraction of sp³-hybridized carbons (Fsp3) is 0.727. The fourth-order valence-corrected chi connectivity index (χ4v) is 3.64. The van der Waals surface area contributed by atoms with E-state index in [0.29, 0.717) is 12.0 Å². The number of amides is 1. The van der Waals surface area contributed by atoms with Crippen molar-refractivity contribution in [2.45, 2.75) is 37.5 Å². The van der Waals surface area contributed by atoms with Crippen molar-refractivity contribution in [3.63, 3.8) is 0 Å². The summed E-state index contributed by atoms with van der Waals surface area (Å²) in [6, 6.07) is -2.71. The Bertz CT molecular complexity index is 545. The van der Waals surface area contributed by atoms with Gasteiger partial charge in [-0.3, -0.25) is 25.0 Å². The first-order valence-corrected chi connectivity index (χ1v) is 6.45. The number of hydrogen-bond acceptors (Lipinski definition) is 6. The molecule has 0 saturated carbocycles. The molecular formula is C11H14N4O5. The number of hydrogen-bond donors (Lipinski definition) is 1. The summed E-state index contributed by atoms with van der Waals surface area (Å²) in [5, 5.41) is 25.7. The molecule has 2 bridgehead atoms. The third kappa shape index (κ3) is 1.52. The van der Waals surface area contributed by atoms with E-state index in [1.54, 1.807) is 0 Å². The monoisotopic (exact) mass is 282 g/mol. The first kappa shape index (κ1) is 12.8. The normalized spacial score (nSPS) is 35.6. The summed E-state index contributed by atoms with van der Waals surface area (Å²) in [6.07, 6.45) is 1.34. The molecule has 1 fully saturated rings. The summed E-state index contributed by atoms with van der Waals surface area (Å²) in [5.74, 6) is -1.58. The van der Waals surface area contributed by atoms with E-state index < -0.39 is 39.9 Å².